The molecule has 0 unspecified atom stereocenters. The number of carbonyl (C=O) groups is 1. The van der Waals surface area contributed by atoms with Crippen LogP contribution in [0.5, 0.6) is 0 Å². The number of nitrogens with zero attached hydrogens (tertiary/aromatic N) is 1. The third-order valence-corrected chi connectivity index (χ3v) is 2.08. The molecule has 0 aromatic carbocycles. The fourth-order valence-corrected chi connectivity index (χ4v) is 1.40. The topological polar surface area (TPSA) is 67.6 Å². The minimum atomic E-state index is -0.687. The van der Waals surface area contributed by atoms with E-state index in [-0.39, 0.29) is 0 Å². The first kappa shape index (κ1) is 10.3. The van der Waals surface area contributed by atoms with Crippen LogP contribution in [-0.4, -0.2) is 50.3 Å². The molecule has 0 atom stereocenters. The fraction of sp³-hybridized carbons (Fsp3) is 0.875. The Morgan fingerprint density at radius 1 is 1.46 bits per heavy atom. The normalized spacial score (nSPS) is 19.4. The molecule has 0 bridgehead atoms. The Balaban J connectivity index is 2.08. The smallest absolute Gasteiger partial charge is 0.404 e. The van der Waals surface area contributed by atoms with Crippen LogP contribution in [0.15, 0.2) is 0 Å². The van der Waals surface area contributed by atoms with E-state index in [0.717, 1.165) is 39.1 Å². The van der Waals surface area contributed by atoms with E-state index >= 15 is 0 Å². The summed E-state index contributed by atoms with van der Waals surface area (Å²) in [5.41, 5.74) is 4.85. The first-order valence-electron chi connectivity index (χ1n) is 4.64. The van der Waals surface area contributed by atoms with E-state index in [1.807, 2.05) is 0 Å². The number of carbonyl (C=O) groups excluding carboxylic acids is 1. The lowest BCUT2D eigenvalue weighted by atomic mass is 10.4. The van der Waals surface area contributed by atoms with Crippen LogP contribution in [0.1, 0.15) is 6.42 Å². The largest absolute Gasteiger partial charge is 0.448 e. The number of ether oxygens (including phenoxy) is 1. The molecular weight excluding hydrogens is 170 g/mol. The van der Waals surface area contributed by atoms with Crippen LogP contribution in [0.3, 0.4) is 0 Å². The molecule has 1 saturated heterocycles. The standard InChI is InChI=1S/C8H17N3O2/c9-8(12)13-7-6-11-4-1-2-10-3-5-11/h10H,1-7H2,(H2,9,12). The van der Waals surface area contributed by atoms with E-state index in [1.165, 1.54) is 0 Å². The van der Waals surface area contributed by atoms with Crippen molar-refractivity contribution in [3.63, 3.8) is 0 Å². The van der Waals surface area contributed by atoms with Crippen molar-refractivity contribution in [1.82, 2.24) is 10.2 Å². The van der Waals surface area contributed by atoms with Crippen LogP contribution in [0.2, 0.25) is 0 Å². The van der Waals surface area contributed by atoms with Gasteiger partial charge in [-0.15, -0.1) is 0 Å². The molecule has 0 spiro atoms. The molecule has 0 aliphatic carbocycles. The highest BCUT2D eigenvalue weighted by Gasteiger charge is 2.07. The van der Waals surface area contributed by atoms with Crippen molar-refractivity contribution in [2.24, 2.45) is 5.73 Å². The summed E-state index contributed by atoms with van der Waals surface area (Å²) in [6.45, 7) is 5.35. The highest BCUT2D eigenvalue weighted by Crippen LogP contribution is 1.94. The van der Waals surface area contributed by atoms with Gasteiger partial charge in [0.05, 0.1) is 0 Å². The first-order valence-corrected chi connectivity index (χ1v) is 4.64. The number of nitrogens with one attached hydrogen (secondary N) is 1. The Morgan fingerprint density at radius 2 is 2.31 bits per heavy atom. The van der Waals surface area contributed by atoms with Gasteiger partial charge in [-0.05, 0) is 19.5 Å². The van der Waals surface area contributed by atoms with Gasteiger partial charge in [0.2, 0.25) is 0 Å². The minimum absolute atomic E-state index is 0.398. The maximum atomic E-state index is 10.3. The summed E-state index contributed by atoms with van der Waals surface area (Å²) in [6, 6.07) is 0. The summed E-state index contributed by atoms with van der Waals surface area (Å²) in [4.78, 5) is 12.5. The third kappa shape index (κ3) is 4.69. The first-order chi connectivity index (χ1) is 6.29. The number of hydrogen-bond acceptors (Lipinski definition) is 4. The number of hydrogen-bond donors (Lipinski definition) is 2. The summed E-state index contributed by atoms with van der Waals surface area (Å²) in [6.07, 6.45) is 0.462. The van der Waals surface area contributed by atoms with E-state index in [0.29, 0.717) is 6.61 Å². The van der Waals surface area contributed by atoms with E-state index < -0.39 is 6.09 Å². The van der Waals surface area contributed by atoms with Crippen molar-refractivity contribution in [2.45, 2.75) is 6.42 Å². The van der Waals surface area contributed by atoms with Crippen molar-refractivity contribution in [2.75, 3.05) is 39.3 Å². The van der Waals surface area contributed by atoms with Crippen LogP contribution >= 0.6 is 0 Å². The minimum Gasteiger partial charge on any atom is -0.448 e. The zero-order chi connectivity index (χ0) is 9.52. The quantitative estimate of drug-likeness (QED) is 0.617. The Bertz CT molecular complexity index is 155. The molecule has 0 saturated carbocycles. The van der Waals surface area contributed by atoms with Crippen LogP contribution in [0.25, 0.3) is 0 Å². The molecule has 5 nitrogen and oxygen atoms in total. The molecule has 76 valence electrons. The van der Waals surface area contributed by atoms with Crippen molar-refractivity contribution in [3.8, 4) is 0 Å². The Morgan fingerprint density at radius 3 is 3.08 bits per heavy atom. The van der Waals surface area contributed by atoms with Crippen LogP contribution in [0, 0.1) is 0 Å². The van der Waals surface area contributed by atoms with Crippen molar-refractivity contribution in [1.29, 1.82) is 0 Å². The van der Waals surface area contributed by atoms with E-state index in [4.69, 9.17) is 5.73 Å². The number of amides is 1. The molecule has 13 heavy (non-hydrogen) atoms. The fourth-order valence-electron chi connectivity index (χ4n) is 1.40. The van der Waals surface area contributed by atoms with E-state index in [9.17, 15) is 4.79 Å². The van der Waals surface area contributed by atoms with Gasteiger partial charge in [-0.25, -0.2) is 4.79 Å². The molecule has 1 aliphatic rings. The molecule has 1 aliphatic heterocycles. The summed E-state index contributed by atoms with van der Waals surface area (Å²) < 4.78 is 4.66. The van der Waals surface area contributed by atoms with Crippen molar-refractivity contribution in [3.05, 3.63) is 0 Å². The maximum absolute atomic E-state index is 10.3. The highest BCUT2D eigenvalue weighted by molar-refractivity contribution is 5.64. The van der Waals surface area contributed by atoms with E-state index in [2.05, 4.69) is 15.0 Å². The van der Waals surface area contributed by atoms with Gasteiger partial charge in [0.15, 0.2) is 0 Å². The van der Waals surface area contributed by atoms with E-state index in [1.54, 1.807) is 0 Å². The van der Waals surface area contributed by atoms with Gasteiger partial charge in [-0.1, -0.05) is 0 Å². The molecule has 1 fully saturated rings. The van der Waals surface area contributed by atoms with Crippen molar-refractivity contribution >= 4 is 6.09 Å². The second-order valence-electron chi connectivity index (χ2n) is 3.11. The molecule has 5 heteroatoms. The SMILES string of the molecule is NC(=O)OCCN1CCCNCC1. The molecule has 0 aromatic heterocycles. The summed E-state index contributed by atoms with van der Waals surface area (Å²) in [5, 5.41) is 3.30. The van der Waals surface area contributed by atoms with Crippen LogP contribution < -0.4 is 11.1 Å². The lowest BCUT2D eigenvalue weighted by Crippen LogP contribution is -2.32. The Kier molecular flexibility index (Phi) is 4.56. The van der Waals surface area contributed by atoms with Gasteiger partial charge < -0.3 is 15.8 Å². The highest BCUT2D eigenvalue weighted by atomic mass is 16.5. The zero-order valence-electron chi connectivity index (χ0n) is 7.79. The average molecular weight is 187 g/mol. The zero-order valence-corrected chi connectivity index (χ0v) is 7.79. The number of rotatable bonds is 3. The summed E-state index contributed by atoms with van der Waals surface area (Å²) in [7, 11) is 0. The molecule has 1 amide bonds. The number of primary amides is 1. The average Bonchev–Trinajstić information content (AvgIpc) is 2.32. The van der Waals surface area contributed by atoms with Gasteiger partial charge in [0.1, 0.15) is 6.61 Å². The maximum Gasteiger partial charge on any atom is 0.404 e. The molecule has 0 aromatic rings. The third-order valence-electron chi connectivity index (χ3n) is 2.08. The van der Waals surface area contributed by atoms with Crippen molar-refractivity contribution < 1.29 is 9.53 Å². The van der Waals surface area contributed by atoms with Gasteiger partial charge in [-0.3, -0.25) is 4.90 Å². The monoisotopic (exact) mass is 187 g/mol. The van der Waals surface area contributed by atoms with Gasteiger partial charge in [-0.2, -0.15) is 0 Å². The summed E-state index contributed by atoms with van der Waals surface area (Å²) >= 11 is 0. The molecule has 1 rings (SSSR count). The predicted octanol–water partition coefficient (Wildman–Crippen LogP) is -0.623. The molecular formula is C8H17N3O2. The Hall–Kier alpha value is -0.810. The Labute approximate surface area is 78.2 Å². The predicted molar refractivity (Wildman–Crippen MR) is 49.5 cm³/mol. The number of nitrogens with two attached hydrogens (primary N) is 1. The van der Waals surface area contributed by atoms with Gasteiger partial charge >= 0.3 is 6.09 Å². The molecule has 0 radical (unpaired) electrons. The van der Waals surface area contributed by atoms with Crippen LogP contribution in [0.4, 0.5) is 4.79 Å². The lowest BCUT2D eigenvalue weighted by Gasteiger charge is -2.18. The lowest BCUT2D eigenvalue weighted by molar-refractivity contribution is 0.137. The molecule has 3 N–H and O–H groups in total. The molecule has 1 heterocycles. The second-order valence-corrected chi connectivity index (χ2v) is 3.11. The van der Waals surface area contributed by atoms with Crippen LogP contribution in [-0.2, 0) is 4.74 Å². The van der Waals surface area contributed by atoms with Gasteiger partial charge in [0.25, 0.3) is 0 Å². The summed E-state index contributed by atoms with van der Waals surface area (Å²) in [5.74, 6) is 0. The second kappa shape index (κ2) is 5.77. The van der Waals surface area contributed by atoms with Gasteiger partial charge in [0, 0.05) is 19.6 Å².